The number of likely N-dealkylation sites (tertiary alicyclic amines) is 1. The molecule has 0 bridgehead atoms. The van der Waals surface area contributed by atoms with E-state index in [1.807, 2.05) is 18.2 Å². The van der Waals surface area contributed by atoms with Crippen LogP contribution < -0.4 is 0 Å². The number of aliphatic carboxylic acids is 1. The zero-order chi connectivity index (χ0) is 12.4. The second kappa shape index (κ2) is 4.75. The van der Waals surface area contributed by atoms with Gasteiger partial charge in [0.25, 0.3) is 0 Å². The van der Waals surface area contributed by atoms with Crippen LogP contribution in [0.15, 0.2) is 24.3 Å². The van der Waals surface area contributed by atoms with Crippen molar-refractivity contribution < 1.29 is 14.7 Å². The van der Waals surface area contributed by atoms with E-state index in [2.05, 4.69) is 0 Å². The van der Waals surface area contributed by atoms with Crippen LogP contribution in [0, 0.1) is 5.92 Å². The van der Waals surface area contributed by atoms with Crippen LogP contribution in [0.3, 0.4) is 0 Å². The Bertz CT molecular complexity index is 461. The maximum Gasteiger partial charge on any atom is 0.308 e. The number of halogens is 1. The van der Waals surface area contributed by atoms with E-state index in [4.69, 9.17) is 16.7 Å². The summed E-state index contributed by atoms with van der Waals surface area (Å²) in [5.74, 6) is -1.64. The monoisotopic (exact) mass is 253 g/mol. The minimum Gasteiger partial charge on any atom is -0.481 e. The van der Waals surface area contributed by atoms with Crippen LogP contribution in [-0.2, 0) is 16.1 Å². The second-order valence-electron chi connectivity index (χ2n) is 4.10. The molecule has 1 aromatic carbocycles. The van der Waals surface area contributed by atoms with Crippen LogP contribution in [0.2, 0.25) is 5.02 Å². The molecule has 1 heterocycles. The van der Waals surface area contributed by atoms with Gasteiger partial charge in [0.2, 0.25) is 5.91 Å². The molecule has 1 N–H and O–H groups in total. The van der Waals surface area contributed by atoms with Crippen molar-refractivity contribution in [1.82, 2.24) is 4.90 Å². The molecule has 5 heteroatoms. The van der Waals surface area contributed by atoms with Gasteiger partial charge in [-0.05, 0) is 11.6 Å². The molecule has 1 aliphatic rings. The summed E-state index contributed by atoms with van der Waals surface area (Å²) in [7, 11) is 0. The van der Waals surface area contributed by atoms with Crippen LogP contribution in [0.5, 0.6) is 0 Å². The highest BCUT2D eigenvalue weighted by atomic mass is 35.5. The van der Waals surface area contributed by atoms with Gasteiger partial charge in [0.05, 0.1) is 5.92 Å². The SMILES string of the molecule is O=C(O)[C@H]1CC(=O)N(Cc2ccccc2Cl)C1. The number of carbonyl (C=O) groups excluding carboxylic acids is 1. The average molecular weight is 254 g/mol. The number of rotatable bonds is 3. The number of hydrogen-bond donors (Lipinski definition) is 1. The molecule has 0 unspecified atom stereocenters. The summed E-state index contributed by atoms with van der Waals surface area (Å²) in [6.45, 7) is 0.641. The molecule has 0 saturated carbocycles. The lowest BCUT2D eigenvalue weighted by atomic mass is 10.1. The van der Waals surface area contributed by atoms with Gasteiger partial charge in [0.1, 0.15) is 0 Å². The Hall–Kier alpha value is -1.55. The molecule has 4 nitrogen and oxygen atoms in total. The van der Waals surface area contributed by atoms with Gasteiger partial charge in [-0.2, -0.15) is 0 Å². The fourth-order valence-electron chi connectivity index (χ4n) is 1.92. The van der Waals surface area contributed by atoms with Crippen molar-refractivity contribution in [2.45, 2.75) is 13.0 Å². The smallest absolute Gasteiger partial charge is 0.308 e. The largest absolute Gasteiger partial charge is 0.481 e. The maximum absolute atomic E-state index is 11.6. The highest BCUT2D eigenvalue weighted by Gasteiger charge is 2.34. The van der Waals surface area contributed by atoms with Gasteiger partial charge in [-0.15, -0.1) is 0 Å². The molecule has 0 radical (unpaired) electrons. The van der Waals surface area contributed by atoms with Gasteiger partial charge in [-0.25, -0.2) is 0 Å². The molecule has 1 atom stereocenters. The maximum atomic E-state index is 11.6. The van der Waals surface area contributed by atoms with Gasteiger partial charge in [0.15, 0.2) is 0 Å². The van der Waals surface area contributed by atoms with Crippen LogP contribution in [0.4, 0.5) is 0 Å². The van der Waals surface area contributed by atoms with Crippen molar-refractivity contribution in [1.29, 1.82) is 0 Å². The van der Waals surface area contributed by atoms with Gasteiger partial charge in [-0.3, -0.25) is 9.59 Å². The average Bonchev–Trinajstić information content (AvgIpc) is 2.64. The van der Waals surface area contributed by atoms with Crippen molar-refractivity contribution >= 4 is 23.5 Å². The van der Waals surface area contributed by atoms with Crippen molar-refractivity contribution in [3.05, 3.63) is 34.9 Å². The van der Waals surface area contributed by atoms with Crippen LogP contribution in [0.1, 0.15) is 12.0 Å². The zero-order valence-electron chi connectivity index (χ0n) is 9.10. The molecule has 0 spiro atoms. The number of benzene rings is 1. The Labute approximate surface area is 104 Å². The molecule has 17 heavy (non-hydrogen) atoms. The fraction of sp³-hybridized carbons (Fsp3) is 0.333. The van der Waals surface area contributed by atoms with Crippen LogP contribution in [0.25, 0.3) is 0 Å². The number of hydrogen-bond acceptors (Lipinski definition) is 2. The molecule has 90 valence electrons. The molecular formula is C12H12ClNO3. The standard InChI is InChI=1S/C12H12ClNO3/c13-10-4-2-1-3-8(10)6-14-7-9(12(16)17)5-11(14)15/h1-4,9H,5-7H2,(H,16,17)/t9-/m0/s1. The summed E-state index contributed by atoms with van der Waals surface area (Å²) in [5, 5.41) is 9.46. The Kier molecular flexibility index (Phi) is 3.33. The molecule has 1 aliphatic heterocycles. The van der Waals surface area contributed by atoms with Gasteiger partial charge < -0.3 is 10.0 Å². The lowest BCUT2D eigenvalue weighted by Crippen LogP contribution is -2.25. The number of carbonyl (C=O) groups is 2. The third-order valence-electron chi connectivity index (χ3n) is 2.88. The zero-order valence-corrected chi connectivity index (χ0v) is 9.85. The summed E-state index contributed by atoms with van der Waals surface area (Å²) in [5.41, 5.74) is 0.841. The highest BCUT2D eigenvalue weighted by molar-refractivity contribution is 6.31. The number of nitrogens with zero attached hydrogens (tertiary/aromatic N) is 1. The van der Waals surface area contributed by atoms with Crippen molar-refractivity contribution in [2.75, 3.05) is 6.54 Å². The van der Waals surface area contributed by atoms with Crippen LogP contribution in [-0.4, -0.2) is 28.4 Å². The van der Waals surface area contributed by atoms with E-state index in [1.54, 1.807) is 11.0 Å². The van der Waals surface area contributed by atoms with E-state index < -0.39 is 11.9 Å². The van der Waals surface area contributed by atoms with E-state index in [1.165, 1.54) is 0 Å². The van der Waals surface area contributed by atoms with E-state index in [9.17, 15) is 9.59 Å². The topological polar surface area (TPSA) is 57.6 Å². The molecule has 2 rings (SSSR count). The van der Waals surface area contributed by atoms with Crippen molar-refractivity contribution in [3.63, 3.8) is 0 Å². The second-order valence-corrected chi connectivity index (χ2v) is 4.51. The van der Waals surface area contributed by atoms with E-state index in [0.29, 0.717) is 11.6 Å². The first-order valence-corrected chi connectivity index (χ1v) is 5.69. The minimum atomic E-state index is -0.917. The normalized spacial score (nSPS) is 19.7. The van der Waals surface area contributed by atoms with E-state index in [0.717, 1.165) is 5.56 Å². The highest BCUT2D eigenvalue weighted by Crippen LogP contribution is 2.23. The first kappa shape index (κ1) is 11.9. The van der Waals surface area contributed by atoms with E-state index in [-0.39, 0.29) is 18.9 Å². The summed E-state index contributed by atoms with van der Waals surface area (Å²) in [6.07, 6.45) is 0.0831. The molecule has 1 aromatic rings. The van der Waals surface area contributed by atoms with Crippen molar-refractivity contribution in [3.8, 4) is 0 Å². The molecule has 0 aliphatic carbocycles. The Morgan fingerprint density at radius 2 is 2.18 bits per heavy atom. The Morgan fingerprint density at radius 1 is 1.47 bits per heavy atom. The molecule has 1 amide bonds. The summed E-state index contributed by atoms with van der Waals surface area (Å²) in [4.78, 5) is 24.0. The van der Waals surface area contributed by atoms with Gasteiger partial charge in [0, 0.05) is 24.5 Å². The molecule has 1 fully saturated rings. The molecule has 0 aromatic heterocycles. The number of carboxylic acids is 1. The minimum absolute atomic E-state index is 0.0831. The number of amides is 1. The first-order valence-electron chi connectivity index (χ1n) is 5.32. The lowest BCUT2D eigenvalue weighted by molar-refractivity contribution is -0.141. The lowest BCUT2D eigenvalue weighted by Gasteiger charge is -2.16. The first-order chi connectivity index (χ1) is 8.08. The molecular weight excluding hydrogens is 242 g/mol. The Morgan fingerprint density at radius 3 is 2.76 bits per heavy atom. The van der Waals surface area contributed by atoms with Crippen molar-refractivity contribution in [2.24, 2.45) is 5.92 Å². The van der Waals surface area contributed by atoms with E-state index >= 15 is 0 Å². The third-order valence-corrected chi connectivity index (χ3v) is 3.25. The van der Waals surface area contributed by atoms with Crippen LogP contribution >= 0.6 is 11.6 Å². The number of carboxylic acid groups (broad SMARTS) is 1. The van der Waals surface area contributed by atoms with Gasteiger partial charge in [-0.1, -0.05) is 29.8 Å². The summed E-state index contributed by atoms with van der Waals surface area (Å²) in [6, 6.07) is 7.25. The molecule has 1 saturated heterocycles. The predicted molar refractivity (Wildman–Crippen MR) is 62.6 cm³/mol. The Balaban J connectivity index is 2.08. The fourth-order valence-corrected chi connectivity index (χ4v) is 2.12. The summed E-state index contributed by atoms with van der Waals surface area (Å²) < 4.78 is 0. The quantitative estimate of drug-likeness (QED) is 0.893. The van der Waals surface area contributed by atoms with Gasteiger partial charge >= 0.3 is 5.97 Å². The summed E-state index contributed by atoms with van der Waals surface area (Å²) >= 11 is 6.00. The third kappa shape index (κ3) is 2.58. The predicted octanol–water partition coefficient (Wildman–Crippen LogP) is 1.77.